The van der Waals surface area contributed by atoms with Crippen molar-refractivity contribution >= 4 is 17.4 Å². The number of hydrogen-bond acceptors (Lipinski definition) is 2. The van der Waals surface area contributed by atoms with E-state index in [2.05, 4.69) is 20.8 Å². The van der Waals surface area contributed by atoms with Crippen LogP contribution in [0.4, 0.5) is 10.1 Å². The molecule has 0 aliphatic carbocycles. The van der Waals surface area contributed by atoms with Crippen LogP contribution in [-0.4, -0.2) is 5.25 Å². The third-order valence-corrected chi connectivity index (χ3v) is 3.58. The largest absolute Gasteiger partial charge is 0.399 e. The van der Waals surface area contributed by atoms with Gasteiger partial charge in [-0.15, -0.1) is 11.8 Å². The molecule has 78 valence electrons. The minimum Gasteiger partial charge on any atom is -0.399 e. The number of benzene rings is 1. The predicted molar refractivity (Wildman–Crippen MR) is 61.0 cm³/mol. The lowest BCUT2D eigenvalue weighted by atomic mass is 10.2. The fourth-order valence-corrected chi connectivity index (χ4v) is 2.09. The first kappa shape index (κ1) is 11.4. The van der Waals surface area contributed by atoms with Crippen molar-refractivity contribution < 1.29 is 4.39 Å². The summed E-state index contributed by atoms with van der Waals surface area (Å²) in [6.07, 6.45) is 0. The number of thioether (sulfide) groups is 1. The van der Waals surface area contributed by atoms with E-state index in [0.29, 0.717) is 16.9 Å². The average molecular weight is 213 g/mol. The monoisotopic (exact) mass is 213 g/mol. The van der Waals surface area contributed by atoms with Gasteiger partial charge in [-0.2, -0.15) is 0 Å². The molecule has 1 atom stereocenters. The summed E-state index contributed by atoms with van der Waals surface area (Å²) in [5.74, 6) is 0.313. The highest BCUT2D eigenvalue weighted by molar-refractivity contribution is 8.00. The summed E-state index contributed by atoms with van der Waals surface area (Å²) in [5.41, 5.74) is 6.05. The van der Waals surface area contributed by atoms with Crippen molar-refractivity contribution in [2.75, 3.05) is 5.73 Å². The maximum absolute atomic E-state index is 13.0. The Kier molecular flexibility index (Phi) is 3.81. The van der Waals surface area contributed by atoms with Gasteiger partial charge in [0.2, 0.25) is 0 Å². The molecule has 0 heterocycles. The molecule has 0 aliphatic rings. The standard InChI is InChI=1S/C11H16FNS/c1-7(2)8(3)14-11-5-9(12)4-10(13)6-11/h4-8H,13H2,1-3H3. The van der Waals surface area contributed by atoms with Crippen molar-refractivity contribution in [3.63, 3.8) is 0 Å². The van der Waals surface area contributed by atoms with Gasteiger partial charge in [0, 0.05) is 15.8 Å². The van der Waals surface area contributed by atoms with Crippen molar-refractivity contribution in [3.8, 4) is 0 Å². The Morgan fingerprint density at radius 2 is 1.86 bits per heavy atom. The summed E-state index contributed by atoms with van der Waals surface area (Å²) in [4.78, 5) is 0.906. The molecule has 0 spiro atoms. The third-order valence-electron chi connectivity index (χ3n) is 2.15. The molecule has 0 aliphatic heterocycles. The summed E-state index contributed by atoms with van der Waals surface area (Å²) < 4.78 is 13.0. The van der Waals surface area contributed by atoms with Gasteiger partial charge in [0.1, 0.15) is 5.82 Å². The van der Waals surface area contributed by atoms with Crippen LogP contribution < -0.4 is 5.73 Å². The molecule has 0 saturated carbocycles. The highest BCUT2D eigenvalue weighted by Crippen LogP contribution is 2.29. The first-order valence-electron chi connectivity index (χ1n) is 4.71. The van der Waals surface area contributed by atoms with Gasteiger partial charge < -0.3 is 5.73 Å². The smallest absolute Gasteiger partial charge is 0.126 e. The fourth-order valence-electron chi connectivity index (χ4n) is 1.00. The predicted octanol–water partition coefficient (Wildman–Crippen LogP) is 3.54. The molecule has 0 saturated heterocycles. The maximum atomic E-state index is 13.0. The second kappa shape index (κ2) is 4.69. The van der Waals surface area contributed by atoms with Gasteiger partial charge in [-0.25, -0.2) is 4.39 Å². The summed E-state index contributed by atoms with van der Waals surface area (Å²) in [6, 6.07) is 4.68. The molecular weight excluding hydrogens is 197 g/mol. The van der Waals surface area contributed by atoms with Crippen LogP contribution in [0.5, 0.6) is 0 Å². The lowest BCUT2D eigenvalue weighted by molar-refractivity contribution is 0.623. The van der Waals surface area contributed by atoms with Gasteiger partial charge in [0.25, 0.3) is 0 Å². The SMILES string of the molecule is CC(C)C(C)Sc1cc(N)cc(F)c1. The van der Waals surface area contributed by atoms with E-state index in [1.54, 1.807) is 11.8 Å². The van der Waals surface area contributed by atoms with E-state index in [-0.39, 0.29) is 5.82 Å². The molecule has 1 nitrogen and oxygen atoms in total. The Bertz CT molecular complexity index is 292. The van der Waals surface area contributed by atoms with Crippen LogP contribution in [0, 0.1) is 11.7 Å². The zero-order valence-electron chi connectivity index (χ0n) is 8.75. The van der Waals surface area contributed by atoms with E-state index in [4.69, 9.17) is 5.73 Å². The van der Waals surface area contributed by atoms with Gasteiger partial charge in [0.15, 0.2) is 0 Å². The van der Waals surface area contributed by atoms with Gasteiger partial charge in [0.05, 0.1) is 0 Å². The zero-order chi connectivity index (χ0) is 10.7. The molecule has 0 fully saturated rings. The van der Waals surface area contributed by atoms with Gasteiger partial charge in [-0.05, 0) is 24.1 Å². The maximum Gasteiger partial charge on any atom is 0.126 e. The van der Waals surface area contributed by atoms with Gasteiger partial charge in [-0.1, -0.05) is 20.8 Å². The topological polar surface area (TPSA) is 26.0 Å². The Balaban J connectivity index is 2.76. The minimum atomic E-state index is -0.261. The molecule has 14 heavy (non-hydrogen) atoms. The number of nitrogen functional groups attached to an aromatic ring is 1. The highest BCUT2D eigenvalue weighted by atomic mass is 32.2. The Morgan fingerprint density at radius 1 is 1.21 bits per heavy atom. The summed E-state index contributed by atoms with van der Waals surface area (Å²) in [5, 5.41) is 0.469. The van der Waals surface area contributed by atoms with Crippen LogP contribution in [0.1, 0.15) is 20.8 Å². The molecule has 0 amide bonds. The third kappa shape index (κ3) is 3.22. The van der Waals surface area contributed by atoms with E-state index >= 15 is 0 Å². The van der Waals surface area contributed by atoms with E-state index < -0.39 is 0 Å². The molecule has 2 N–H and O–H groups in total. The van der Waals surface area contributed by atoms with Crippen molar-refractivity contribution in [2.24, 2.45) is 5.92 Å². The van der Waals surface area contributed by atoms with Crippen molar-refractivity contribution in [3.05, 3.63) is 24.0 Å². The van der Waals surface area contributed by atoms with E-state index in [0.717, 1.165) is 4.90 Å². The fraction of sp³-hybridized carbons (Fsp3) is 0.455. The lowest BCUT2D eigenvalue weighted by Crippen LogP contribution is -2.05. The van der Waals surface area contributed by atoms with Crippen LogP contribution >= 0.6 is 11.8 Å². The van der Waals surface area contributed by atoms with Crippen LogP contribution in [0.25, 0.3) is 0 Å². The highest BCUT2D eigenvalue weighted by Gasteiger charge is 2.09. The summed E-state index contributed by atoms with van der Waals surface area (Å²) >= 11 is 1.66. The van der Waals surface area contributed by atoms with Crippen LogP contribution in [-0.2, 0) is 0 Å². The van der Waals surface area contributed by atoms with Gasteiger partial charge in [-0.3, -0.25) is 0 Å². The molecule has 0 bridgehead atoms. The Labute approximate surface area is 88.9 Å². The molecular formula is C11H16FNS. The second-order valence-electron chi connectivity index (χ2n) is 3.79. The molecule has 3 heteroatoms. The summed E-state index contributed by atoms with van der Waals surface area (Å²) in [6.45, 7) is 6.44. The average Bonchev–Trinajstić information content (AvgIpc) is 2.01. The second-order valence-corrected chi connectivity index (χ2v) is 5.24. The van der Waals surface area contributed by atoms with Crippen molar-refractivity contribution in [2.45, 2.75) is 30.9 Å². The van der Waals surface area contributed by atoms with E-state index in [1.165, 1.54) is 12.1 Å². The minimum absolute atomic E-state index is 0.261. The number of anilines is 1. The molecule has 1 unspecified atom stereocenters. The molecule has 1 aromatic carbocycles. The first-order chi connectivity index (χ1) is 6.49. The normalized spacial score (nSPS) is 13.2. The Hall–Kier alpha value is -0.700. The molecule has 0 aromatic heterocycles. The van der Waals surface area contributed by atoms with Crippen LogP contribution in [0.2, 0.25) is 0 Å². The summed E-state index contributed by atoms with van der Waals surface area (Å²) in [7, 11) is 0. The van der Waals surface area contributed by atoms with E-state index in [1.807, 2.05) is 6.07 Å². The number of halogens is 1. The van der Waals surface area contributed by atoms with Crippen LogP contribution in [0.3, 0.4) is 0 Å². The molecule has 0 radical (unpaired) electrons. The number of hydrogen-bond donors (Lipinski definition) is 1. The zero-order valence-corrected chi connectivity index (χ0v) is 9.57. The molecule has 1 rings (SSSR count). The number of nitrogens with two attached hydrogens (primary N) is 1. The molecule has 1 aromatic rings. The van der Waals surface area contributed by atoms with Crippen molar-refractivity contribution in [1.29, 1.82) is 0 Å². The van der Waals surface area contributed by atoms with E-state index in [9.17, 15) is 4.39 Å². The first-order valence-corrected chi connectivity index (χ1v) is 5.59. The van der Waals surface area contributed by atoms with Gasteiger partial charge >= 0.3 is 0 Å². The Morgan fingerprint density at radius 3 is 2.36 bits per heavy atom. The lowest BCUT2D eigenvalue weighted by Gasteiger charge is -2.15. The van der Waals surface area contributed by atoms with Crippen LogP contribution in [0.15, 0.2) is 23.1 Å². The quantitative estimate of drug-likeness (QED) is 0.614. The van der Waals surface area contributed by atoms with Crippen molar-refractivity contribution in [1.82, 2.24) is 0 Å². The number of rotatable bonds is 3.